The Kier molecular flexibility index (Phi) is 3.98. The molecule has 0 saturated heterocycles. The van der Waals surface area contributed by atoms with Gasteiger partial charge in [0.1, 0.15) is 11.4 Å². The van der Waals surface area contributed by atoms with Gasteiger partial charge in [0, 0.05) is 0 Å². The molecule has 0 spiro atoms. The van der Waals surface area contributed by atoms with Crippen molar-refractivity contribution in [1.82, 2.24) is 0 Å². The van der Waals surface area contributed by atoms with Gasteiger partial charge in [0.15, 0.2) is 6.61 Å². The number of aryl methyl sites for hydroxylation is 1. The number of hydrogen-bond donors (Lipinski definition) is 0. The van der Waals surface area contributed by atoms with Crippen LogP contribution < -0.4 is 4.74 Å². The predicted molar refractivity (Wildman–Crippen MR) is 80.0 cm³/mol. The van der Waals surface area contributed by atoms with E-state index in [-0.39, 0.29) is 12.6 Å². The Morgan fingerprint density at radius 1 is 1.05 bits per heavy atom. The molecule has 0 radical (unpaired) electrons. The van der Waals surface area contributed by atoms with E-state index >= 15 is 0 Å². The van der Waals surface area contributed by atoms with E-state index in [0.29, 0.717) is 5.75 Å². The van der Waals surface area contributed by atoms with E-state index in [9.17, 15) is 4.79 Å². The lowest BCUT2D eigenvalue weighted by Gasteiger charge is -2.19. The average Bonchev–Trinajstić information content (AvgIpc) is 2.34. The van der Waals surface area contributed by atoms with Crippen molar-refractivity contribution in [3.8, 4) is 5.75 Å². The highest BCUT2D eigenvalue weighted by Gasteiger charge is 2.16. The fourth-order valence-corrected chi connectivity index (χ4v) is 1.95. The summed E-state index contributed by atoms with van der Waals surface area (Å²) in [6, 6.07) is 12.0. The molecule has 3 heteroatoms. The van der Waals surface area contributed by atoms with Gasteiger partial charge in [0.25, 0.3) is 0 Å². The van der Waals surface area contributed by atoms with E-state index in [2.05, 4.69) is 19.1 Å². The molecule has 0 fully saturated rings. The van der Waals surface area contributed by atoms with Crippen LogP contribution in [0.25, 0.3) is 10.8 Å². The summed E-state index contributed by atoms with van der Waals surface area (Å²) in [5.41, 5.74) is 0.737. The van der Waals surface area contributed by atoms with Crippen molar-refractivity contribution in [2.75, 3.05) is 6.61 Å². The molecule has 2 aromatic carbocycles. The Bertz CT molecular complexity index is 624. The van der Waals surface area contributed by atoms with Gasteiger partial charge < -0.3 is 9.47 Å². The second kappa shape index (κ2) is 5.53. The van der Waals surface area contributed by atoms with Crippen molar-refractivity contribution >= 4 is 16.7 Å². The third-order valence-corrected chi connectivity index (χ3v) is 2.74. The lowest BCUT2D eigenvalue weighted by molar-refractivity contribution is -0.157. The number of rotatable bonds is 3. The normalized spacial score (nSPS) is 11.4. The third-order valence-electron chi connectivity index (χ3n) is 2.74. The molecule has 0 atom stereocenters. The van der Waals surface area contributed by atoms with Gasteiger partial charge in [-0.05, 0) is 50.6 Å². The van der Waals surface area contributed by atoms with Crippen LogP contribution in [-0.4, -0.2) is 18.2 Å². The van der Waals surface area contributed by atoms with Crippen molar-refractivity contribution in [3.63, 3.8) is 0 Å². The monoisotopic (exact) mass is 272 g/mol. The standard InChI is InChI=1S/C17H20O3/c1-12-5-6-14-10-15(8-7-13(14)9-12)19-11-16(18)20-17(2,3)4/h5-10H,11H2,1-4H3. The second-order valence-electron chi connectivity index (χ2n) is 5.89. The topological polar surface area (TPSA) is 35.5 Å². The largest absolute Gasteiger partial charge is 0.482 e. The van der Waals surface area contributed by atoms with Gasteiger partial charge in [-0.25, -0.2) is 4.79 Å². The van der Waals surface area contributed by atoms with E-state index in [0.717, 1.165) is 10.8 Å². The molecule has 0 amide bonds. The van der Waals surface area contributed by atoms with E-state index in [1.165, 1.54) is 5.56 Å². The fourth-order valence-electron chi connectivity index (χ4n) is 1.95. The Labute approximate surface area is 119 Å². The minimum absolute atomic E-state index is 0.0748. The molecule has 0 aliphatic rings. The first kappa shape index (κ1) is 14.4. The van der Waals surface area contributed by atoms with Crippen LogP contribution in [0, 0.1) is 6.92 Å². The van der Waals surface area contributed by atoms with Crippen LogP contribution in [0.2, 0.25) is 0 Å². The van der Waals surface area contributed by atoms with Gasteiger partial charge in [-0.1, -0.05) is 29.8 Å². The van der Waals surface area contributed by atoms with Crippen LogP contribution in [0.4, 0.5) is 0 Å². The van der Waals surface area contributed by atoms with Crippen LogP contribution in [0.5, 0.6) is 5.75 Å². The quantitative estimate of drug-likeness (QED) is 0.796. The zero-order chi connectivity index (χ0) is 14.8. The summed E-state index contributed by atoms with van der Waals surface area (Å²) in [6.45, 7) is 7.50. The second-order valence-corrected chi connectivity index (χ2v) is 5.89. The number of esters is 1. The van der Waals surface area contributed by atoms with Gasteiger partial charge in [0.2, 0.25) is 0 Å². The molecule has 106 valence electrons. The van der Waals surface area contributed by atoms with E-state index < -0.39 is 5.60 Å². The molecule has 0 saturated carbocycles. The Morgan fingerprint density at radius 3 is 2.40 bits per heavy atom. The molecule has 3 nitrogen and oxygen atoms in total. The maximum atomic E-state index is 11.6. The molecule has 2 aromatic rings. The summed E-state index contributed by atoms with van der Waals surface area (Å²) in [6.07, 6.45) is 0. The first-order chi connectivity index (χ1) is 9.33. The highest BCUT2D eigenvalue weighted by molar-refractivity contribution is 5.84. The van der Waals surface area contributed by atoms with Crippen molar-refractivity contribution < 1.29 is 14.3 Å². The van der Waals surface area contributed by atoms with Gasteiger partial charge in [-0.3, -0.25) is 0 Å². The maximum Gasteiger partial charge on any atom is 0.344 e. The van der Waals surface area contributed by atoms with Crippen molar-refractivity contribution in [1.29, 1.82) is 0 Å². The smallest absolute Gasteiger partial charge is 0.344 e. The summed E-state index contributed by atoms with van der Waals surface area (Å²) >= 11 is 0. The maximum absolute atomic E-state index is 11.6. The van der Waals surface area contributed by atoms with Crippen LogP contribution in [0.1, 0.15) is 26.3 Å². The number of ether oxygens (including phenoxy) is 2. The minimum atomic E-state index is -0.485. The van der Waals surface area contributed by atoms with Crippen molar-refractivity contribution in [3.05, 3.63) is 42.0 Å². The van der Waals surface area contributed by atoms with Gasteiger partial charge in [0.05, 0.1) is 0 Å². The van der Waals surface area contributed by atoms with Crippen LogP contribution in [-0.2, 0) is 9.53 Å². The lowest BCUT2D eigenvalue weighted by atomic mass is 10.1. The molecule has 20 heavy (non-hydrogen) atoms. The summed E-state index contributed by atoms with van der Waals surface area (Å²) < 4.78 is 10.7. The third kappa shape index (κ3) is 3.98. The highest BCUT2D eigenvalue weighted by Crippen LogP contribution is 2.22. The minimum Gasteiger partial charge on any atom is -0.482 e. The molecule has 0 bridgehead atoms. The Morgan fingerprint density at radius 2 is 1.70 bits per heavy atom. The number of carbonyl (C=O) groups is 1. The molecule has 0 heterocycles. The number of carbonyl (C=O) groups excluding carboxylic acids is 1. The van der Waals surface area contributed by atoms with E-state index in [1.54, 1.807) is 0 Å². The lowest BCUT2D eigenvalue weighted by Crippen LogP contribution is -2.27. The van der Waals surface area contributed by atoms with E-state index in [1.807, 2.05) is 45.0 Å². The molecular formula is C17H20O3. The summed E-state index contributed by atoms with van der Waals surface area (Å²) in [5, 5.41) is 2.26. The van der Waals surface area contributed by atoms with Crippen LogP contribution in [0.3, 0.4) is 0 Å². The summed E-state index contributed by atoms with van der Waals surface area (Å²) in [5.74, 6) is 0.314. The van der Waals surface area contributed by atoms with Crippen LogP contribution in [0.15, 0.2) is 36.4 Å². The zero-order valence-corrected chi connectivity index (χ0v) is 12.4. The SMILES string of the molecule is Cc1ccc2cc(OCC(=O)OC(C)(C)C)ccc2c1. The molecular weight excluding hydrogens is 252 g/mol. The predicted octanol–water partition coefficient (Wildman–Crippen LogP) is 3.87. The first-order valence-electron chi connectivity index (χ1n) is 6.68. The molecule has 0 aliphatic heterocycles. The fraction of sp³-hybridized carbons (Fsp3) is 0.353. The average molecular weight is 272 g/mol. The number of benzene rings is 2. The highest BCUT2D eigenvalue weighted by atomic mass is 16.6. The molecule has 2 rings (SSSR count). The molecule has 0 N–H and O–H groups in total. The summed E-state index contributed by atoms with van der Waals surface area (Å²) in [7, 11) is 0. The van der Waals surface area contributed by atoms with E-state index in [4.69, 9.17) is 9.47 Å². The van der Waals surface area contributed by atoms with Crippen molar-refractivity contribution in [2.24, 2.45) is 0 Å². The Balaban J connectivity index is 2.03. The van der Waals surface area contributed by atoms with Gasteiger partial charge in [-0.2, -0.15) is 0 Å². The first-order valence-corrected chi connectivity index (χ1v) is 6.68. The van der Waals surface area contributed by atoms with Crippen LogP contribution >= 0.6 is 0 Å². The Hall–Kier alpha value is -2.03. The number of fused-ring (bicyclic) bond motifs is 1. The summed E-state index contributed by atoms with van der Waals surface area (Å²) in [4.78, 5) is 11.6. The molecule has 0 aromatic heterocycles. The van der Waals surface area contributed by atoms with Crippen molar-refractivity contribution in [2.45, 2.75) is 33.3 Å². The molecule has 0 unspecified atom stereocenters. The van der Waals surface area contributed by atoms with Gasteiger partial charge >= 0.3 is 5.97 Å². The van der Waals surface area contributed by atoms with Gasteiger partial charge in [-0.15, -0.1) is 0 Å². The molecule has 0 aliphatic carbocycles. The number of hydrogen-bond acceptors (Lipinski definition) is 3. The zero-order valence-electron chi connectivity index (χ0n) is 12.4.